The lowest BCUT2D eigenvalue weighted by Gasteiger charge is -2.30. The maximum absolute atomic E-state index is 12.8. The topological polar surface area (TPSA) is 89.9 Å². The van der Waals surface area contributed by atoms with Crippen LogP contribution in [0.2, 0.25) is 0 Å². The number of aliphatic hydroxyl groups is 1. The summed E-state index contributed by atoms with van der Waals surface area (Å²) in [6.45, 7) is 2.20. The molecule has 1 saturated heterocycles. The van der Waals surface area contributed by atoms with Gasteiger partial charge in [0.25, 0.3) is 0 Å². The van der Waals surface area contributed by atoms with E-state index in [1.165, 1.54) is 12.2 Å². The number of rotatable bonds is 3. The van der Waals surface area contributed by atoms with Crippen LogP contribution in [0, 0.1) is 5.92 Å². The third-order valence-electron chi connectivity index (χ3n) is 3.55. The molecule has 3 unspecified atom stereocenters. The summed E-state index contributed by atoms with van der Waals surface area (Å²) in [5, 5.41) is 19.6. The number of aliphatic carboxylic acids is 1. The molecule has 116 valence electrons. The van der Waals surface area contributed by atoms with E-state index in [2.05, 4.69) is 0 Å². The number of amides is 2. The number of likely N-dealkylation sites (tertiary alicyclic amines) is 1. The maximum Gasteiger partial charge on any atom is 0.422 e. The molecule has 9 heteroatoms. The molecule has 0 bridgehead atoms. The first kappa shape index (κ1) is 16.5. The van der Waals surface area contributed by atoms with Gasteiger partial charge >= 0.3 is 18.2 Å². The van der Waals surface area contributed by atoms with Gasteiger partial charge in [-0.3, -0.25) is 0 Å². The lowest BCUT2D eigenvalue weighted by molar-refractivity contribution is -0.203. The van der Waals surface area contributed by atoms with Gasteiger partial charge in [-0.25, -0.2) is 9.59 Å². The molecule has 1 aliphatic heterocycles. The quantitative estimate of drug-likeness (QED) is 0.719. The second-order valence-corrected chi connectivity index (χ2v) is 5.09. The molecular formula is C11H17F3N2O4. The van der Waals surface area contributed by atoms with Gasteiger partial charge in [-0.15, -0.1) is 0 Å². The largest absolute Gasteiger partial charge is 0.479 e. The van der Waals surface area contributed by atoms with Crippen molar-refractivity contribution in [1.82, 2.24) is 10.2 Å². The number of halogens is 3. The van der Waals surface area contributed by atoms with Crippen molar-refractivity contribution < 1.29 is 33.0 Å². The Hall–Kier alpha value is -1.51. The molecule has 3 atom stereocenters. The first-order valence-electron chi connectivity index (χ1n) is 6.04. The molecule has 3 N–H and O–H groups in total. The Morgan fingerprint density at radius 2 is 1.95 bits per heavy atom. The molecule has 20 heavy (non-hydrogen) atoms. The van der Waals surface area contributed by atoms with Gasteiger partial charge in [-0.1, -0.05) is 0 Å². The molecule has 6 nitrogen and oxygen atoms in total. The lowest BCUT2D eigenvalue weighted by Crippen LogP contribution is -2.63. The fraction of sp³-hybridized carbons (Fsp3) is 0.818. The number of carboxylic acids is 1. The molecule has 0 aromatic carbocycles. The van der Waals surface area contributed by atoms with E-state index in [1.807, 2.05) is 0 Å². The Bertz CT molecular complexity index is 400. The average Bonchev–Trinajstić information content (AvgIpc) is 2.76. The van der Waals surface area contributed by atoms with E-state index >= 15 is 0 Å². The van der Waals surface area contributed by atoms with Crippen molar-refractivity contribution >= 4 is 12.0 Å². The van der Waals surface area contributed by atoms with E-state index < -0.39 is 29.8 Å². The van der Waals surface area contributed by atoms with Gasteiger partial charge < -0.3 is 20.4 Å². The highest BCUT2D eigenvalue weighted by Gasteiger charge is 2.59. The zero-order valence-electron chi connectivity index (χ0n) is 11.1. The Morgan fingerprint density at radius 3 is 2.30 bits per heavy atom. The number of carbonyl (C=O) groups excluding carboxylic acids is 1. The second kappa shape index (κ2) is 5.47. The number of nitrogens with one attached hydrogen (secondary N) is 1. The number of aliphatic hydroxyl groups excluding tert-OH is 1. The minimum Gasteiger partial charge on any atom is -0.479 e. The van der Waals surface area contributed by atoms with Crippen LogP contribution in [0.25, 0.3) is 0 Å². The summed E-state index contributed by atoms with van der Waals surface area (Å²) in [6, 6.07) is -1.10. The molecule has 0 aliphatic carbocycles. The zero-order chi connectivity index (χ0) is 15.7. The van der Waals surface area contributed by atoms with Gasteiger partial charge in [0.15, 0.2) is 0 Å². The van der Waals surface area contributed by atoms with Crippen molar-refractivity contribution in [2.75, 3.05) is 13.1 Å². The highest BCUT2D eigenvalue weighted by molar-refractivity contribution is 5.86. The lowest BCUT2D eigenvalue weighted by atomic mass is 10.0. The first-order chi connectivity index (χ1) is 8.99. The number of urea groups is 1. The van der Waals surface area contributed by atoms with Crippen LogP contribution in [0.5, 0.6) is 0 Å². The third-order valence-corrected chi connectivity index (χ3v) is 3.55. The van der Waals surface area contributed by atoms with Crippen molar-refractivity contribution in [3.8, 4) is 0 Å². The summed E-state index contributed by atoms with van der Waals surface area (Å²) in [4.78, 5) is 23.6. The molecule has 0 spiro atoms. The fourth-order valence-electron chi connectivity index (χ4n) is 1.90. The van der Waals surface area contributed by atoms with E-state index in [1.54, 1.807) is 0 Å². The maximum atomic E-state index is 12.8. The molecule has 1 fully saturated rings. The van der Waals surface area contributed by atoms with E-state index in [4.69, 9.17) is 5.11 Å². The summed E-state index contributed by atoms with van der Waals surface area (Å²) in [5.74, 6) is -2.40. The Kier molecular flexibility index (Phi) is 4.52. The Morgan fingerprint density at radius 1 is 1.40 bits per heavy atom. The van der Waals surface area contributed by atoms with Crippen molar-refractivity contribution in [3.05, 3.63) is 0 Å². The molecule has 1 aliphatic rings. The van der Waals surface area contributed by atoms with Crippen LogP contribution in [-0.2, 0) is 4.79 Å². The number of carbonyl (C=O) groups is 2. The molecule has 1 rings (SSSR count). The van der Waals surface area contributed by atoms with Gasteiger partial charge in [0, 0.05) is 19.0 Å². The number of hydrogen-bond donors (Lipinski definition) is 3. The van der Waals surface area contributed by atoms with Crippen LogP contribution in [0.3, 0.4) is 0 Å². The van der Waals surface area contributed by atoms with Gasteiger partial charge in [0.2, 0.25) is 5.54 Å². The summed E-state index contributed by atoms with van der Waals surface area (Å²) < 4.78 is 38.3. The Labute approximate surface area is 113 Å². The predicted molar refractivity (Wildman–Crippen MR) is 62.0 cm³/mol. The minimum atomic E-state index is -5.11. The van der Waals surface area contributed by atoms with Crippen molar-refractivity contribution in [2.24, 2.45) is 5.92 Å². The molecule has 0 aromatic rings. The normalized spacial score (nSPS) is 24.1. The minimum absolute atomic E-state index is 0.0943. The van der Waals surface area contributed by atoms with E-state index in [9.17, 15) is 27.9 Å². The zero-order valence-corrected chi connectivity index (χ0v) is 11.1. The first-order valence-corrected chi connectivity index (χ1v) is 6.04. The summed E-state index contributed by atoms with van der Waals surface area (Å²) in [6.07, 6.45) is -5.33. The monoisotopic (exact) mass is 298 g/mol. The van der Waals surface area contributed by atoms with E-state index in [-0.39, 0.29) is 19.0 Å². The summed E-state index contributed by atoms with van der Waals surface area (Å²) in [5.41, 5.74) is -3.34. The van der Waals surface area contributed by atoms with Crippen LogP contribution in [-0.4, -0.2) is 58.0 Å². The average molecular weight is 298 g/mol. The third kappa shape index (κ3) is 3.14. The molecule has 0 saturated carbocycles. The molecule has 0 radical (unpaired) electrons. The fourth-order valence-corrected chi connectivity index (χ4v) is 1.90. The molecule has 1 heterocycles. The van der Waals surface area contributed by atoms with Crippen molar-refractivity contribution in [1.29, 1.82) is 0 Å². The summed E-state index contributed by atoms with van der Waals surface area (Å²) in [7, 11) is 0. The standard InChI is InChI=1S/C11H17F3N2O4/c1-6(17)7-3-4-16(5-7)9(20)15-10(2,8(18)19)11(12,13)14/h6-7,17H,3-5H2,1-2H3,(H,15,20)(H,18,19). The van der Waals surface area contributed by atoms with E-state index in [0.29, 0.717) is 13.3 Å². The summed E-state index contributed by atoms with van der Waals surface area (Å²) >= 11 is 0. The van der Waals surface area contributed by atoms with E-state index in [0.717, 1.165) is 4.90 Å². The molecule has 0 aromatic heterocycles. The van der Waals surface area contributed by atoms with Crippen LogP contribution >= 0.6 is 0 Å². The number of carboxylic acid groups (broad SMARTS) is 1. The van der Waals surface area contributed by atoms with Crippen molar-refractivity contribution in [2.45, 2.75) is 38.1 Å². The van der Waals surface area contributed by atoms with Crippen LogP contribution < -0.4 is 5.32 Å². The highest BCUT2D eigenvalue weighted by Crippen LogP contribution is 2.31. The van der Waals surface area contributed by atoms with Gasteiger partial charge in [0.05, 0.1) is 6.10 Å². The number of hydrogen-bond acceptors (Lipinski definition) is 3. The van der Waals surface area contributed by atoms with Gasteiger partial charge in [0.1, 0.15) is 0 Å². The molecule has 2 amide bonds. The smallest absolute Gasteiger partial charge is 0.422 e. The van der Waals surface area contributed by atoms with Crippen molar-refractivity contribution in [3.63, 3.8) is 0 Å². The van der Waals surface area contributed by atoms with Crippen LogP contribution in [0.15, 0.2) is 0 Å². The Balaban J connectivity index is 2.77. The SMILES string of the molecule is CC(O)C1CCN(C(=O)NC(C)(C(=O)O)C(F)(F)F)C1. The highest BCUT2D eigenvalue weighted by atomic mass is 19.4. The second-order valence-electron chi connectivity index (χ2n) is 5.09. The molecular weight excluding hydrogens is 281 g/mol. The van der Waals surface area contributed by atoms with Crippen LogP contribution in [0.4, 0.5) is 18.0 Å². The number of alkyl halides is 3. The van der Waals surface area contributed by atoms with Gasteiger partial charge in [-0.2, -0.15) is 13.2 Å². The van der Waals surface area contributed by atoms with Crippen LogP contribution in [0.1, 0.15) is 20.3 Å². The van der Waals surface area contributed by atoms with Gasteiger partial charge in [-0.05, 0) is 20.3 Å². The number of nitrogens with zero attached hydrogens (tertiary/aromatic N) is 1. The predicted octanol–water partition coefficient (Wildman–Crippen LogP) is 0.804.